The monoisotopic (exact) mass is 402 g/mol. The second-order valence-electron chi connectivity index (χ2n) is 6.94. The first-order chi connectivity index (χ1) is 13.7. The molecule has 2 fully saturated rings. The molecule has 28 heavy (non-hydrogen) atoms. The highest BCUT2D eigenvalue weighted by atomic mass is 35.5. The van der Waals surface area contributed by atoms with E-state index in [4.69, 9.17) is 21.1 Å². The predicted molar refractivity (Wildman–Crippen MR) is 107 cm³/mol. The largest absolute Gasteiger partial charge is 0.464 e. The normalized spacial score (nSPS) is 16.7. The quantitative estimate of drug-likeness (QED) is 0.743. The van der Waals surface area contributed by atoms with Gasteiger partial charge < -0.3 is 19.7 Å². The molecule has 0 amide bonds. The molecule has 1 aromatic heterocycles. The number of nitrogens with one attached hydrogen (secondary N) is 1. The lowest BCUT2D eigenvalue weighted by molar-refractivity contribution is 0.0593. The smallest absolute Gasteiger partial charge is 0.358 e. The van der Waals surface area contributed by atoms with Gasteiger partial charge in [-0.2, -0.15) is 0 Å². The molecule has 8 heteroatoms. The topological polar surface area (TPSA) is 76.6 Å². The molecule has 2 heterocycles. The summed E-state index contributed by atoms with van der Waals surface area (Å²) in [7, 11) is 1.32. The molecule has 0 radical (unpaired) electrons. The molecule has 0 spiro atoms. The van der Waals surface area contributed by atoms with Crippen LogP contribution in [0.5, 0.6) is 0 Å². The second kappa shape index (κ2) is 8.32. The third kappa shape index (κ3) is 4.05. The van der Waals surface area contributed by atoms with Crippen LogP contribution in [-0.2, 0) is 16.0 Å². The minimum atomic E-state index is -0.550. The number of benzene rings is 1. The van der Waals surface area contributed by atoms with Crippen molar-refractivity contribution in [1.82, 2.24) is 9.97 Å². The Morgan fingerprint density at radius 2 is 2.04 bits per heavy atom. The van der Waals surface area contributed by atoms with E-state index in [0.29, 0.717) is 24.1 Å². The van der Waals surface area contributed by atoms with E-state index in [1.54, 1.807) is 0 Å². The minimum absolute atomic E-state index is 0.116. The van der Waals surface area contributed by atoms with Crippen molar-refractivity contribution in [3.63, 3.8) is 0 Å². The predicted octanol–water partition coefficient (Wildman–Crippen LogP) is 3.24. The summed E-state index contributed by atoms with van der Waals surface area (Å²) >= 11 is 6.42. The zero-order valence-electron chi connectivity index (χ0n) is 15.8. The Bertz CT molecular complexity index is 867. The maximum atomic E-state index is 12.1. The lowest BCUT2D eigenvalue weighted by atomic mass is 10.1. The van der Waals surface area contributed by atoms with E-state index in [-0.39, 0.29) is 10.7 Å². The number of para-hydroxylation sites is 1. The van der Waals surface area contributed by atoms with Crippen LogP contribution in [0.15, 0.2) is 24.3 Å². The van der Waals surface area contributed by atoms with E-state index in [1.165, 1.54) is 12.8 Å². The Kier molecular flexibility index (Phi) is 5.64. The van der Waals surface area contributed by atoms with Crippen LogP contribution in [0, 0.1) is 0 Å². The number of rotatable bonds is 6. The van der Waals surface area contributed by atoms with Crippen LogP contribution in [0.3, 0.4) is 0 Å². The number of nitrogens with zero attached hydrogens (tertiary/aromatic N) is 3. The van der Waals surface area contributed by atoms with E-state index < -0.39 is 5.97 Å². The number of esters is 1. The molecule has 0 atom stereocenters. The van der Waals surface area contributed by atoms with Gasteiger partial charge in [0.15, 0.2) is 5.69 Å². The first kappa shape index (κ1) is 19.0. The molecular weight excluding hydrogens is 380 g/mol. The average molecular weight is 403 g/mol. The number of carbonyl (C=O) groups excluding carboxylic acids is 1. The first-order valence-electron chi connectivity index (χ1n) is 9.47. The number of carbonyl (C=O) groups is 1. The molecule has 2 aromatic rings. The van der Waals surface area contributed by atoms with Gasteiger partial charge in [-0.05, 0) is 24.5 Å². The molecule has 2 aliphatic rings. The van der Waals surface area contributed by atoms with Crippen LogP contribution in [-0.4, -0.2) is 49.4 Å². The van der Waals surface area contributed by atoms with E-state index in [1.807, 2.05) is 12.1 Å². The van der Waals surface area contributed by atoms with Crippen LogP contribution in [0.1, 0.15) is 40.6 Å². The molecule has 1 aliphatic heterocycles. The summed E-state index contributed by atoms with van der Waals surface area (Å²) in [5, 5.41) is 3.50. The Balaban J connectivity index is 1.58. The molecule has 1 aliphatic carbocycles. The maximum Gasteiger partial charge on any atom is 0.358 e. The van der Waals surface area contributed by atoms with Gasteiger partial charge in [-0.1, -0.05) is 29.8 Å². The SMILES string of the molecule is COC(=O)c1nc(C2CC2)nc(NCc2ccccc2N2CCOCC2)c1Cl. The summed E-state index contributed by atoms with van der Waals surface area (Å²) in [5.41, 5.74) is 2.41. The van der Waals surface area contributed by atoms with Gasteiger partial charge in [0.1, 0.15) is 16.7 Å². The van der Waals surface area contributed by atoms with E-state index in [2.05, 4.69) is 32.3 Å². The summed E-state index contributed by atoms with van der Waals surface area (Å²) in [6.45, 7) is 3.72. The molecule has 1 saturated carbocycles. The fraction of sp³-hybridized carbons (Fsp3) is 0.450. The second-order valence-corrected chi connectivity index (χ2v) is 7.32. The number of hydrogen-bond donors (Lipinski definition) is 1. The lowest BCUT2D eigenvalue weighted by Crippen LogP contribution is -2.36. The van der Waals surface area contributed by atoms with Gasteiger partial charge in [0.2, 0.25) is 0 Å². The van der Waals surface area contributed by atoms with Crippen molar-refractivity contribution in [1.29, 1.82) is 0 Å². The highest BCUT2D eigenvalue weighted by Gasteiger charge is 2.30. The number of morpholine rings is 1. The molecule has 1 N–H and O–H groups in total. The zero-order chi connectivity index (χ0) is 19.5. The molecule has 0 bridgehead atoms. The van der Waals surface area contributed by atoms with Crippen LogP contribution in [0.2, 0.25) is 5.02 Å². The van der Waals surface area contributed by atoms with Gasteiger partial charge in [0, 0.05) is 31.2 Å². The van der Waals surface area contributed by atoms with Crippen LogP contribution >= 0.6 is 11.6 Å². The average Bonchev–Trinajstić information content (AvgIpc) is 3.59. The molecule has 0 unspecified atom stereocenters. The minimum Gasteiger partial charge on any atom is -0.464 e. The number of aromatic nitrogens is 2. The van der Waals surface area contributed by atoms with Crippen molar-refractivity contribution in [3.8, 4) is 0 Å². The van der Waals surface area contributed by atoms with Crippen LogP contribution < -0.4 is 10.2 Å². The van der Waals surface area contributed by atoms with Crippen LogP contribution in [0.25, 0.3) is 0 Å². The first-order valence-corrected chi connectivity index (χ1v) is 9.85. The van der Waals surface area contributed by atoms with Crippen molar-refractivity contribution in [3.05, 3.63) is 46.4 Å². The third-order valence-corrected chi connectivity index (χ3v) is 5.34. The van der Waals surface area contributed by atoms with Gasteiger partial charge in [-0.15, -0.1) is 0 Å². The van der Waals surface area contributed by atoms with Gasteiger partial charge >= 0.3 is 5.97 Å². The fourth-order valence-corrected chi connectivity index (χ4v) is 3.52. The Morgan fingerprint density at radius 3 is 2.75 bits per heavy atom. The molecule has 1 aromatic carbocycles. The summed E-state index contributed by atoms with van der Waals surface area (Å²) in [6.07, 6.45) is 2.06. The number of hydrogen-bond acceptors (Lipinski definition) is 7. The molecular formula is C20H23ClN4O3. The number of anilines is 2. The Labute approximate surface area is 169 Å². The van der Waals surface area contributed by atoms with Crippen molar-refractivity contribution in [2.75, 3.05) is 43.6 Å². The Morgan fingerprint density at radius 1 is 1.29 bits per heavy atom. The molecule has 1 saturated heterocycles. The highest BCUT2D eigenvalue weighted by molar-refractivity contribution is 6.35. The molecule has 148 valence electrons. The van der Waals surface area contributed by atoms with Crippen molar-refractivity contribution < 1.29 is 14.3 Å². The van der Waals surface area contributed by atoms with Crippen molar-refractivity contribution in [2.24, 2.45) is 0 Å². The third-order valence-electron chi connectivity index (χ3n) is 4.98. The highest BCUT2D eigenvalue weighted by Crippen LogP contribution is 2.40. The number of ether oxygens (including phenoxy) is 2. The van der Waals surface area contributed by atoms with E-state index in [9.17, 15) is 4.79 Å². The molecule has 4 rings (SSSR count). The van der Waals surface area contributed by atoms with E-state index >= 15 is 0 Å². The maximum absolute atomic E-state index is 12.1. The number of halogens is 1. The van der Waals surface area contributed by atoms with Gasteiger partial charge in [0.25, 0.3) is 0 Å². The lowest BCUT2D eigenvalue weighted by Gasteiger charge is -2.30. The zero-order valence-corrected chi connectivity index (χ0v) is 16.5. The summed E-state index contributed by atoms with van der Waals surface area (Å²) < 4.78 is 10.3. The van der Waals surface area contributed by atoms with E-state index in [0.717, 1.165) is 44.7 Å². The van der Waals surface area contributed by atoms with Crippen LogP contribution in [0.4, 0.5) is 11.5 Å². The van der Waals surface area contributed by atoms with Crippen molar-refractivity contribution in [2.45, 2.75) is 25.3 Å². The van der Waals surface area contributed by atoms with Gasteiger partial charge in [0.05, 0.1) is 20.3 Å². The summed E-state index contributed by atoms with van der Waals surface area (Å²) in [4.78, 5) is 23.3. The standard InChI is InChI=1S/C20H23ClN4O3/c1-27-20(26)17-16(21)19(24-18(23-17)13-6-7-13)22-12-14-4-2-3-5-15(14)25-8-10-28-11-9-25/h2-5,13H,6-12H2,1H3,(H,22,23,24). The summed E-state index contributed by atoms with van der Waals surface area (Å²) in [6, 6.07) is 8.24. The molecule has 7 nitrogen and oxygen atoms in total. The van der Waals surface area contributed by atoms with Gasteiger partial charge in [-0.25, -0.2) is 14.8 Å². The fourth-order valence-electron chi connectivity index (χ4n) is 3.29. The summed E-state index contributed by atoms with van der Waals surface area (Å²) in [5.74, 6) is 0.859. The number of methoxy groups -OCH3 is 1. The Hall–Kier alpha value is -2.38. The van der Waals surface area contributed by atoms with Gasteiger partial charge in [-0.3, -0.25) is 0 Å². The van der Waals surface area contributed by atoms with Crippen molar-refractivity contribution >= 4 is 29.1 Å².